The second-order valence-electron chi connectivity index (χ2n) is 6.73. The third-order valence-electron chi connectivity index (χ3n) is 4.94. The maximum absolute atomic E-state index is 3.50. The van der Waals surface area contributed by atoms with Crippen LogP contribution in [-0.2, 0) is 25.7 Å². The van der Waals surface area contributed by atoms with Gasteiger partial charge in [-0.25, -0.2) is 0 Å². The maximum Gasteiger partial charge on any atom is 0.0175 e. The van der Waals surface area contributed by atoms with Crippen molar-refractivity contribution in [2.45, 2.75) is 25.7 Å². The Kier molecular flexibility index (Phi) is 4.85. The van der Waals surface area contributed by atoms with Gasteiger partial charge >= 0.3 is 0 Å². The number of rotatable bonds is 2. The highest BCUT2D eigenvalue weighted by Crippen LogP contribution is 2.21. The Balaban J connectivity index is 1.65. The number of benzene rings is 3. The summed E-state index contributed by atoms with van der Waals surface area (Å²) in [6.07, 6.45) is 8.87. The summed E-state index contributed by atoms with van der Waals surface area (Å²) < 4.78 is 1.12. The zero-order chi connectivity index (χ0) is 17.1. The van der Waals surface area contributed by atoms with Gasteiger partial charge in [0.25, 0.3) is 0 Å². The normalized spacial score (nSPS) is 13.8. The Labute approximate surface area is 158 Å². The highest BCUT2D eigenvalue weighted by molar-refractivity contribution is 9.10. The fourth-order valence-electron chi connectivity index (χ4n) is 3.38. The van der Waals surface area contributed by atoms with Gasteiger partial charge in [-0.2, -0.15) is 0 Å². The molecule has 0 nitrogen and oxygen atoms in total. The van der Waals surface area contributed by atoms with Crippen molar-refractivity contribution in [2.75, 3.05) is 0 Å². The lowest BCUT2D eigenvalue weighted by atomic mass is 9.93. The van der Waals surface area contributed by atoms with Crippen molar-refractivity contribution in [2.24, 2.45) is 0 Å². The van der Waals surface area contributed by atoms with Crippen molar-refractivity contribution in [1.29, 1.82) is 0 Å². The van der Waals surface area contributed by atoms with Crippen LogP contribution in [0.1, 0.15) is 33.4 Å². The Morgan fingerprint density at radius 1 is 0.600 bits per heavy atom. The summed E-state index contributed by atoms with van der Waals surface area (Å²) in [6.45, 7) is 0. The van der Waals surface area contributed by atoms with Crippen LogP contribution in [0.5, 0.6) is 0 Å². The van der Waals surface area contributed by atoms with Gasteiger partial charge in [-0.15, -0.1) is 0 Å². The summed E-state index contributed by atoms with van der Waals surface area (Å²) in [5, 5.41) is 0. The molecule has 7 rings (SSSR count). The van der Waals surface area contributed by atoms with E-state index in [4.69, 9.17) is 0 Å². The van der Waals surface area contributed by atoms with Gasteiger partial charge < -0.3 is 0 Å². The number of halogens is 1. The number of hydrogen-bond acceptors (Lipinski definition) is 0. The lowest BCUT2D eigenvalue weighted by molar-refractivity contribution is 0.919. The van der Waals surface area contributed by atoms with E-state index in [0.29, 0.717) is 0 Å². The predicted octanol–water partition coefficient (Wildman–Crippen LogP) is 6.50. The van der Waals surface area contributed by atoms with Crippen LogP contribution in [0, 0.1) is 0 Å². The molecule has 4 aliphatic rings. The average molecular weight is 389 g/mol. The summed E-state index contributed by atoms with van der Waals surface area (Å²) in [6, 6.07) is 24.6. The summed E-state index contributed by atoms with van der Waals surface area (Å²) in [5.41, 5.74) is 8.30. The Morgan fingerprint density at radius 2 is 1.20 bits per heavy atom. The van der Waals surface area contributed by atoms with Gasteiger partial charge in [-0.05, 0) is 71.2 Å². The van der Waals surface area contributed by atoms with Crippen LogP contribution in [0.15, 0.2) is 71.2 Å². The van der Waals surface area contributed by atoms with E-state index < -0.39 is 0 Å². The molecule has 0 heterocycles. The Morgan fingerprint density at radius 3 is 1.92 bits per heavy atom. The molecular formula is C24H21Br. The third kappa shape index (κ3) is 4.11. The minimum atomic E-state index is 1.08. The molecular weight excluding hydrogens is 368 g/mol. The molecule has 0 unspecified atom stereocenters. The molecule has 0 aliphatic heterocycles. The smallest absolute Gasteiger partial charge is 0.0175 e. The number of hydrogen-bond donors (Lipinski definition) is 0. The SMILES string of the molecule is Brc1ccc(/C=C/c2cc3ccc2CCc2ccc(cc2)CC3)cc1. The first-order valence-corrected chi connectivity index (χ1v) is 9.69. The summed E-state index contributed by atoms with van der Waals surface area (Å²) >= 11 is 3.50. The average Bonchev–Trinajstić information content (AvgIpc) is 2.64. The molecule has 0 amide bonds. The fraction of sp³-hybridized carbons (Fsp3) is 0.167. The topological polar surface area (TPSA) is 0 Å². The van der Waals surface area contributed by atoms with E-state index in [1.54, 1.807) is 0 Å². The molecule has 25 heavy (non-hydrogen) atoms. The highest BCUT2D eigenvalue weighted by atomic mass is 79.9. The van der Waals surface area contributed by atoms with Crippen LogP contribution in [0.3, 0.4) is 0 Å². The molecule has 0 aromatic heterocycles. The van der Waals surface area contributed by atoms with Crippen molar-refractivity contribution in [3.63, 3.8) is 0 Å². The van der Waals surface area contributed by atoms with Gasteiger partial charge in [0.2, 0.25) is 0 Å². The molecule has 3 aromatic rings. The molecule has 4 bridgehead atoms. The molecule has 3 aromatic carbocycles. The highest BCUT2D eigenvalue weighted by Gasteiger charge is 2.06. The van der Waals surface area contributed by atoms with Crippen LogP contribution >= 0.6 is 15.9 Å². The molecule has 1 heteroatoms. The Bertz CT molecular complexity index is 886. The van der Waals surface area contributed by atoms with E-state index in [0.717, 1.165) is 30.2 Å². The lowest BCUT2D eigenvalue weighted by Crippen LogP contribution is -2.00. The molecule has 4 aliphatic carbocycles. The van der Waals surface area contributed by atoms with E-state index in [2.05, 4.69) is 94.8 Å². The molecule has 0 radical (unpaired) electrons. The van der Waals surface area contributed by atoms with Crippen molar-refractivity contribution in [3.05, 3.63) is 105 Å². The van der Waals surface area contributed by atoms with Gasteiger partial charge in [0.15, 0.2) is 0 Å². The van der Waals surface area contributed by atoms with Gasteiger partial charge in [0.05, 0.1) is 0 Å². The first kappa shape index (κ1) is 16.4. The zero-order valence-corrected chi connectivity index (χ0v) is 15.8. The quantitative estimate of drug-likeness (QED) is 0.439. The van der Waals surface area contributed by atoms with Crippen molar-refractivity contribution in [1.82, 2.24) is 0 Å². The molecule has 0 fully saturated rings. The van der Waals surface area contributed by atoms with Crippen LogP contribution in [0.25, 0.3) is 12.2 Å². The molecule has 124 valence electrons. The van der Waals surface area contributed by atoms with Crippen LogP contribution in [-0.4, -0.2) is 0 Å². The summed E-state index contributed by atoms with van der Waals surface area (Å²) in [7, 11) is 0. The Hall–Kier alpha value is -2.12. The van der Waals surface area contributed by atoms with Gasteiger partial charge in [-0.3, -0.25) is 0 Å². The monoisotopic (exact) mass is 388 g/mol. The standard InChI is InChI=1S/C24H21Br/c25-24-15-10-20(11-16-24)8-14-23-17-21-6-5-18-1-3-19(4-2-18)7-12-22(23)13-9-21/h1-4,8-11,13-17H,5-7,12H2/b14-8+. The second kappa shape index (κ2) is 7.41. The molecule has 0 saturated carbocycles. The van der Waals surface area contributed by atoms with Crippen molar-refractivity contribution in [3.8, 4) is 0 Å². The van der Waals surface area contributed by atoms with E-state index in [-0.39, 0.29) is 0 Å². The zero-order valence-electron chi connectivity index (χ0n) is 14.2. The minimum absolute atomic E-state index is 1.08. The minimum Gasteiger partial charge on any atom is -0.0588 e. The molecule has 0 saturated heterocycles. The van der Waals surface area contributed by atoms with Gasteiger partial charge in [0, 0.05) is 4.47 Å². The van der Waals surface area contributed by atoms with Gasteiger partial charge in [0.1, 0.15) is 0 Å². The second-order valence-corrected chi connectivity index (χ2v) is 7.65. The largest absolute Gasteiger partial charge is 0.0588 e. The van der Waals surface area contributed by atoms with E-state index in [9.17, 15) is 0 Å². The lowest BCUT2D eigenvalue weighted by Gasteiger charge is -2.12. The van der Waals surface area contributed by atoms with E-state index in [1.807, 2.05) is 0 Å². The van der Waals surface area contributed by atoms with E-state index >= 15 is 0 Å². The summed E-state index contributed by atoms with van der Waals surface area (Å²) in [4.78, 5) is 0. The van der Waals surface area contributed by atoms with Gasteiger partial charge in [-0.1, -0.05) is 82.7 Å². The van der Waals surface area contributed by atoms with Crippen LogP contribution in [0.4, 0.5) is 0 Å². The first-order chi connectivity index (χ1) is 12.3. The van der Waals surface area contributed by atoms with Crippen LogP contribution < -0.4 is 0 Å². The van der Waals surface area contributed by atoms with Crippen molar-refractivity contribution >= 4 is 28.1 Å². The molecule has 0 spiro atoms. The van der Waals surface area contributed by atoms with Crippen molar-refractivity contribution < 1.29 is 0 Å². The van der Waals surface area contributed by atoms with Crippen LogP contribution in [0.2, 0.25) is 0 Å². The molecule has 0 atom stereocenters. The van der Waals surface area contributed by atoms with E-state index in [1.165, 1.54) is 33.4 Å². The predicted molar refractivity (Wildman–Crippen MR) is 111 cm³/mol. The third-order valence-corrected chi connectivity index (χ3v) is 5.47. The number of aryl methyl sites for hydroxylation is 4. The molecule has 0 N–H and O–H groups in total. The first-order valence-electron chi connectivity index (χ1n) is 8.89. The fourth-order valence-corrected chi connectivity index (χ4v) is 3.65. The maximum atomic E-state index is 3.50. The summed E-state index contributed by atoms with van der Waals surface area (Å²) in [5.74, 6) is 0.